The highest BCUT2D eigenvalue weighted by Gasteiger charge is 2.63. The molecule has 5 rings (SSSR count). The predicted molar refractivity (Wildman–Crippen MR) is 131 cm³/mol. The molecule has 1 aromatic rings. The van der Waals surface area contributed by atoms with Crippen LogP contribution in [0.5, 0.6) is 0 Å². The van der Waals surface area contributed by atoms with E-state index in [9.17, 15) is 5.11 Å². The van der Waals surface area contributed by atoms with E-state index in [1.54, 1.807) is 0 Å². The maximum atomic E-state index is 10.2. The van der Waals surface area contributed by atoms with Gasteiger partial charge in [-0.15, -0.1) is 0 Å². The molecule has 0 spiro atoms. The van der Waals surface area contributed by atoms with Crippen LogP contribution in [0.1, 0.15) is 91.0 Å². The lowest BCUT2D eigenvalue weighted by atomic mass is 9.44. The molecule has 3 N–H and O–H groups in total. The van der Waals surface area contributed by atoms with Crippen molar-refractivity contribution in [3.8, 4) is 0 Å². The number of benzene rings is 1. The summed E-state index contributed by atoms with van der Waals surface area (Å²) in [6.07, 6.45) is 14.1. The SMILES string of the molecule is CC.CC12CCC(O)CC1=CCC1(N)C2CCC2(C)C(CCc3ccccc3)CCC21. The van der Waals surface area contributed by atoms with Gasteiger partial charge in [-0.3, -0.25) is 0 Å². The molecule has 2 heteroatoms. The number of aliphatic hydroxyl groups is 1. The van der Waals surface area contributed by atoms with E-state index in [1.165, 1.54) is 49.7 Å². The summed E-state index contributed by atoms with van der Waals surface area (Å²) < 4.78 is 0. The first kappa shape index (κ1) is 23.1. The Balaban J connectivity index is 0.00000112. The van der Waals surface area contributed by atoms with Crippen molar-refractivity contribution in [1.29, 1.82) is 0 Å². The average molecular weight is 424 g/mol. The van der Waals surface area contributed by atoms with Crippen molar-refractivity contribution >= 4 is 0 Å². The molecule has 4 aliphatic carbocycles. The second-order valence-corrected chi connectivity index (χ2v) is 11.3. The summed E-state index contributed by atoms with van der Waals surface area (Å²) in [6.45, 7) is 9.05. The van der Waals surface area contributed by atoms with Gasteiger partial charge >= 0.3 is 0 Å². The number of fused-ring (bicyclic) bond motifs is 5. The Morgan fingerprint density at radius 3 is 2.45 bits per heavy atom. The van der Waals surface area contributed by atoms with E-state index in [2.05, 4.69) is 50.3 Å². The molecule has 0 radical (unpaired) electrons. The van der Waals surface area contributed by atoms with Crippen LogP contribution in [-0.2, 0) is 6.42 Å². The fourth-order valence-corrected chi connectivity index (χ4v) is 8.43. The Morgan fingerprint density at radius 2 is 1.71 bits per heavy atom. The van der Waals surface area contributed by atoms with Crippen molar-refractivity contribution in [2.45, 2.75) is 104 Å². The summed E-state index contributed by atoms with van der Waals surface area (Å²) >= 11 is 0. The number of rotatable bonds is 3. The topological polar surface area (TPSA) is 46.2 Å². The predicted octanol–water partition coefficient (Wildman–Crippen LogP) is 6.67. The number of aliphatic hydroxyl groups excluding tert-OH is 1. The normalized spacial score (nSPS) is 43.6. The third kappa shape index (κ3) is 3.72. The van der Waals surface area contributed by atoms with E-state index in [0.29, 0.717) is 17.3 Å². The first-order chi connectivity index (χ1) is 14.9. The van der Waals surface area contributed by atoms with Crippen molar-refractivity contribution in [2.24, 2.45) is 34.3 Å². The molecule has 0 aliphatic heterocycles. The van der Waals surface area contributed by atoms with Gasteiger partial charge in [0.05, 0.1) is 6.10 Å². The fourth-order valence-electron chi connectivity index (χ4n) is 8.43. The highest BCUT2D eigenvalue weighted by Crippen LogP contribution is 2.67. The molecule has 4 aliphatic rings. The first-order valence-electron chi connectivity index (χ1n) is 13.1. The van der Waals surface area contributed by atoms with Gasteiger partial charge < -0.3 is 10.8 Å². The van der Waals surface area contributed by atoms with E-state index < -0.39 is 0 Å². The summed E-state index contributed by atoms with van der Waals surface area (Å²) in [4.78, 5) is 0. The van der Waals surface area contributed by atoms with Crippen LogP contribution in [0.2, 0.25) is 0 Å². The second kappa shape index (κ2) is 8.67. The summed E-state index contributed by atoms with van der Waals surface area (Å²) in [5, 5.41) is 10.2. The number of hydrogen-bond acceptors (Lipinski definition) is 2. The molecule has 0 bridgehead atoms. The van der Waals surface area contributed by atoms with E-state index in [-0.39, 0.29) is 17.1 Å². The monoisotopic (exact) mass is 423 g/mol. The van der Waals surface area contributed by atoms with Gasteiger partial charge in [-0.25, -0.2) is 0 Å². The second-order valence-electron chi connectivity index (χ2n) is 11.3. The molecular formula is C29H45NO. The Bertz CT molecular complexity index is 787. The molecule has 3 saturated carbocycles. The third-order valence-corrected chi connectivity index (χ3v) is 10.1. The van der Waals surface area contributed by atoms with E-state index in [1.807, 2.05) is 13.8 Å². The molecule has 0 aromatic heterocycles. The van der Waals surface area contributed by atoms with Gasteiger partial charge in [0.2, 0.25) is 0 Å². The van der Waals surface area contributed by atoms with Gasteiger partial charge in [-0.1, -0.05) is 69.7 Å². The van der Waals surface area contributed by atoms with E-state index in [0.717, 1.165) is 31.6 Å². The van der Waals surface area contributed by atoms with Gasteiger partial charge in [-0.2, -0.15) is 0 Å². The molecule has 1 aromatic carbocycles. The molecule has 7 unspecified atom stereocenters. The maximum absolute atomic E-state index is 10.2. The Hall–Kier alpha value is -1.12. The van der Waals surface area contributed by atoms with Crippen LogP contribution < -0.4 is 5.73 Å². The largest absolute Gasteiger partial charge is 0.393 e. The van der Waals surface area contributed by atoms with Crippen LogP contribution >= 0.6 is 0 Å². The van der Waals surface area contributed by atoms with Crippen molar-refractivity contribution in [3.63, 3.8) is 0 Å². The van der Waals surface area contributed by atoms with Gasteiger partial charge in [0.15, 0.2) is 0 Å². The van der Waals surface area contributed by atoms with Crippen LogP contribution in [0.15, 0.2) is 42.0 Å². The molecule has 172 valence electrons. The average Bonchev–Trinajstić information content (AvgIpc) is 3.12. The van der Waals surface area contributed by atoms with E-state index >= 15 is 0 Å². The van der Waals surface area contributed by atoms with Crippen LogP contribution in [0, 0.1) is 28.6 Å². The van der Waals surface area contributed by atoms with Crippen molar-refractivity contribution in [3.05, 3.63) is 47.5 Å². The molecular weight excluding hydrogens is 378 g/mol. The lowest BCUT2D eigenvalue weighted by Crippen LogP contribution is -2.66. The van der Waals surface area contributed by atoms with Gasteiger partial charge in [0.1, 0.15) is 0 Å². The minimum Gasteiger partial charge on any atom is -0.393 e. The highest BCUT2D eigenvalue weighted by molar-refractivity contribution is 5.30. The van der Waals surface area contributed by atoms with Gasteiger partial charge in [0, 0.05) is 5.54 Å². The standard InChI is InChI=1S/C27H39NO.C2H6/c1-25-16-14-24-26(2)15-13-22(29)18-21(26)12-17-27(24,28)23(25)11-10-20(25)9-8-19-6-4-3-5-7-19;1-2/h3-7,12,20,22-24,29H,8-11,13-18,28H2,1-2H3;1-2H3. The minimum absolute atomic E-state index is 0.0466. The summed E-state index contributed by atoms with van der Waals surface area (Å²) in [5.74, 6) is 2.05. The summed E-state index contributed by atoms with van der Waals surface area (Å²) in [6, 6.07) is 11.0. The lowest BCUT2D eigenvalue weighted by Gasteiger charge is -2.63. The molecule has 0 amide bonds. The molecule has 2 nitrogen and oxygen atoms in total. The molecule has 0 heterocycles. The number of aryl methyl sites for hydroxylation is 1. The first-order valence-corrected chi connectivity index (χ1v) is 13.1. The Kier molecular flexibility index (Phi) is 6.45. The van der Waals surface area contributed by atoms with Crippen molar-refractivity contribution in [2.75, 3.05) is 0 Å². The summed E-state index contributed by atoms with van der Waals surface area (Å²) in [7, 11) is 0. The van der Waals surface area contributed by atoms with Crippen LogP contribution in [0.3, 0.4) is 0 Å². The number of hydrogen-bond donors (Lipinski definition) is 2. The lowest BCUT2D eigenvalue weighted by molar-refractivity contribution is -0.0680. The van der Waals surface area contributed by atoms with Gasteiger partial charge in [0.25, 0.3) is 0 Å². The Morgan fingerprint density at radius 1 is 0.968 bits per heavy atom. The Labute approximate surface area is 190 Å². The van der Waals surface area contributed by atoms with Crippen molar-refractivity contribution in [1.82, 2.24) is 0 Å². The van der Waals surface area contributed by atoms with Gasteiger partial charge in [-0.05, 0) is 98.4 Å². The smallest absolute Gasteiger partial charge is 0.0577 e. The van der Waals surface area contributed by atoms with Crippen LogP contribution in [0.25, 0.3) is 0 Å². The fraction of sp³-hybridized carbons (Fsp3) is 0.724. The molecule has 0 saturated heterocycles. The highest BCUT2D eigenvalue weighted by atomic mass is 16.3. The number of nitrogens with two attached hydrogens (primary N) is 1. The third-order valence-electron chi connectivity index (χ3n) is 10.1. The zero-order valence-electron chi connectivity index (χ0n) is 20.4. The van der Waals surface area contributed by atoms with E-state index in [4.69, 9.17) is 5.73 Å². The summed E-state index contributed by atoms with van der Waals surface area (Å²) in [5.41, 5.74) is 11.0. The maximum Gasteiger partial charge on any atom is 0.0577 e. The zero-order valence-corrected chi connectivity index (χ0v) is 20.4. The molecule has 31 heavy (non-hydrogen) atoms. The quantitative estimate of drug-likeness (QED) is 0.534. The van der Waals surface area contributed by atoms with Crippen LogP contribution in [-0.4, -0.2) is 16.7 Å². The van der Waals surface area contributed by atoms with Crippen LogP contribution in [0.4, 0.5) is 0 Å². The molecule has 7 atom stereocenters. The molecule has 3 fully saturated rings. The zero-order chi connectivity index (χ0) is 22.3. The minimum atomic E-state index is -0.137. The van der Waals surface area contributed by atoms with Crippen molar-refractivity contribution < 1.29 is 5.11 Å².